The van der Waals surface area contributed by atoms with Crippen molar-refractivity contribution in [3.8, 4) is 0 Å². The Bertz CT molecular complexity index is 356. The van der Waals surface area contributed by atoms with Gasteiger partial charge < -0.3 is 9.64 Å². The number of carbonyl (C=O) groups is 1. The molecule has 0 aromatic carbocycles. The van der Waals surface area contributed by atoms with Gasteiger partial charge >= 0.3 is 0 Å². The lowest BCUT2D eigenvalue weighted by molar-refractivity contribution is 0.0671. The van der Waals surface area contributed by atoms with Crippen LogP contribution < -0.4 is 0 Å². The first-order valence-electron chi connectivity index (χ1n) is 4.74. The van der Waals surface area contributed by atoms with Gasteiger partial charge in [-0.15, -0.1) is 11.3 Å². The van der Waals surface area contributed by atoms with Gasteiger partial charge in [-0.2, -0.15) is 0 Å². The second-order valence-corrected chi connectivity index (χ2v) is 4.55. The molecule has 80 valence electrons. The van der Waals surface area contributed by atoms with Crippen molar-refractivity contribution in [1.29, 1.82) is 0 Å². The van der Waals surface area contributed by atoms with Crippen LogP contribution in [0.15, 0.2) is 17.5 Å². The van der Waals surface area contributed by atoms with Crippen molar-refractivity contribution in [2.75, 3.05) is 26.3 Å². The highest BCUT2D eigenvalue weighted by molar-refractivity contribution is 7.82. The van der Waals surface area contributed by atoms with Crippen molar-refractivity contribution < 1.29 is 9.53 Å². The first-order chi connectivity index (χ1) is 7.29. The maximum absolute atomic E-state index is 11.9. The third-order valence-electron chi connectivity index (χ3n) is 2.24. The molecule has 1 aliphatic heterocycles. The Labute approximate surface area is 97.6 Å². The van der Waals surface area contributed by atoms with E-state index in [1.807, 2.05) is 16.3 Å². The van der Waals surface area contributed by atoms with Gasteiger partial charge in [-0.05, 0) is 11.4 Å². The van der Waals surface area contributed by atoms with E-state index in [-0.39, 0.29) is 5.78 Å². The fourth-order valence-electron chi connectivity index (χ4n) is 1.42. The molecule has 0 aliphatic carbocycles. The molecule has 0 bridgehead atoms. The minimum absolute atomic E-state index is 0.0399. The van der Waals surface area contributed by atoms with Crippen LogP contribution in [-0.2, 0) is 4.74 Å². The van der Waals surface area contributed by atoms with Crippen LogP contribution in [0, 0.1) is 0 Å². The lowest BCUT2D eigenvalue weighted by Crippen LogP contribution is -2.42. The van der Waals surface area contributed by atoms with E-state index in [0.717, 1.165) is 13.1 Å². The number of hydrogen-bond donors (Lipinski definition) is 0. The molecular weight excluding hydrogens is 230 g/mol. The first kappa shape index (κ1) is 10.7. The van der Waals surface area contributed by atoms with Crippen LogP contribution in [0.1, 0.15) is 9.67 Å². The molecule has 2 heterocycles. The van der Waals surface area contributed by atoms with Crippen molar-refractivity contribution in [1.82, 2.24) is 4.90 Å². The van der Waals surface area contributed by atoms with Crippen LogP contribution in [0.2, 0.25) is 0 Å². The van der Waals surface area contributed by atoms with Crippen molar-refractivity contribution in [2.45, 2.75) is 0 Å². The highest BCUT2D eigenvalue weighted by Gasteiger charge is 2.21. The molecule has 2 rings (SSSR count). The number of rotatable bonds is 2. The molecule has 15 heavy (non-hydrogen) atoms. The number of hydrogen-bond acceptors (Lipinski definition) is 4. The summed E-state index contributed by atoms with van der Waals surface area (Å²) < 4.78 is 5.21. The molecule has 0 N–H and O–H groups in total. The van der Waals surface area contributed by atoms with Gasteiger partial charge in [0.25, 0.3) is 0 Å². The van der Waals surface area contributed by atoms with Crippen LogP contribution in [0.25, 0.3) is 0 Å². The summed E-state index contributed by atoms with van der Waals surface area (Å²) in [5.41, 5.74) is 0. The zero-order valence-electron chi connectivity index (χ0n) is 8.14. The topological polar surface area (TPSA) is 29.5 Å². The van der Waals surface area contributed by atoms with Crippen LogP contribution in [-0.4, -0.2) is 42.0 Å². The molecule has 5 heteroatoms. The highest BCUT2D eigenvalue weighted by Crippen LogP contribution is 2.12. The van der Waals surface area contributed by atoms with Crippen molar-refractivity contribution in [2.24, 2.45) is 0 Å². The van der Waals surface area contributed by atoms with E-state index in [4.69, 9.17) is 17.0 Å². The quantitative estimate of drug-likeness (QED) is 0.581. The normalized spacial score (nSPS) is 16.4. The molecule has 0 radical (unpaired) electrons. The lowest BCUT2D eigenvalue weighted by atomic mass is 10.3. The largest absolute Gasteiger partial charge is 0.378 e. The van der Waals surface area contributed by atoms with Gasteiger partial charge in [-0.1, -0.05) is 18.3 Å². The van der Waals surface area contributed by atoms with Crippen molar-refractivity contribution >= 4 is 34.3 Å². The van der Waals surface area contributed by atoms with Gasteiger partial charge in [-0.25, -0.2) is 0 Å². The van der Waals surface area contributed by atoms with E-state index in [9.17, 15) is 4.79 Å². The van der Waals surface area contributed by atoms with Gasteiger partial charge in [0, 0.05) is 13.1 Å². The maximum atomic E-state index is 11.9. The second-order valence-electron chi connectivity index (χ2n) is 3.21. The number of thiocarbonyl (C=S) groups is 1. The first-order valence-corrected chi connectivity index (χ1v) is 6.02. The van der Waals surface area contributed by atoms with Crippen molar-refractivity contribution in [3.05, 3.63) is 22.4 Å². The number of morpholine rings is 1. The van der Waals surface area contributed by atoms with Gasteiger partial charge in [0.2, 0.25) is 5.78 Å². The fourth-order valence-corrected chi connectivity index (χ4v) is 2.44. The number of thiophene rings is 1. The van der Waals surface area contributed by atoms with Crippen LogP contribution in [0.3, 0.4) is 0 Å². The third kappa shape index (κ3) is 2.42. The predicted octanol–water partition coefficient (Wildman–Crippen LogP) is 1.59. The van der Waals surface area contributed by atoms with Crippen molar-refractivity contribution in [3.63, 3.8) is 0 Å². The minimum Gasteiger partial charge on any atom is -0.378 e. The van der Waals surface area contributed by atoms with E-state index in [2.05, 4.69) is 0 Å². The monoisotopic (exact) mass is 241 g/mol. The lowest BCUT2D eigenvalue weighted by Gasteiger charge is -2.28. The van der Waals surface area contributed by atoms with Gasteiger partial charge in [-0.3, -0.25) is 4.79 Å². The Morgan fingerprint density at radius 2 is 2.20 bits per heavy atom. The van der Waals surface area contributed by atoms with E-state index >= 15 is 0 Å². The molecule has 1 aliphatic rings. The molecule has 0 unspecified atom stereocenters. The summed E-state index contributed by atoms with van der Waals surface area (Å²) in [5.74, 6) is -0.0399. The number of carbonyl (C=O) groups excluding carboxylic acids is 1. The highest BCUT2D eigenvalue weighted by atomic mass is 32.1. The molecule has 1 aromatic heterocycles. The summed E-state index contributed by atoms with van der Waals surface area (Å²) in [6, 6.07) is 3.67. The number of ether oxygens (including phenoxy) is 1. The Hall–Kier alpha value is -0.780. The fraction of sp³-hybridized carbons (Fsp3) is 0.400. The van der Waals surface area contributed by atoms with E-state index in [0.29, 0.717) is 23.1 Å². The Kier molecular flexibility index (Phi) is 3.45. The van der Waals surface area contributed by atoms with E-state index in [1.54, 1.807) is 6.07 Å². The summed E-state index contributed by atoms with van der Waals surface area (Å²) in [4.78, 5) is 14.9. The molecule has 3 nitrogen and oxygen atoms in total. The SMILES string of the molecule is O=C(C(=S)N1CCOCC1)c1cccs1. The standard InChI is InChI=1S/C10H11NO2S2/c12-9(8-2-1-7-15-8)10(14)11-3-5-13-6-4-11/h1-2,7H,3-6H2. The average Bonchev–Trinajstić information content (AvgIpc) is 2.82. The Morgan fingerprint density at radius 1 is 1.47 bits per heavy atom. The summed E-state index contributed by atoms with van der Waals surface area (Å²) in [5, 5.41) is 1.88. The van der Waals surface area contributed by atoms with Gasteiger partial charge in [0.15, 0.2) is 4.99 Å². The predicted molar refractivity (Wildman–Crippen MR) is 63.6 cm³/mol. The molecule has 0 spiro atoms. The summed E-state index contributed by atoms with van der Waals surface area (Å²) in [6.07, 6.45) is 0. The Morgan fingerprint density at radius 3 is 2.80 bits per heavy atom. The van der Waals surface area contributed by atoms with E-state index < -0.39 is 0 Å². The molecule has 0 atom stereocenters. The van der Waals surface area contributed by atoms with Gasteiger partial charge in [0.1, 0.15) is 0 Å². The zero-order chi connectivity index (χ0) is 10.7. The molecule has 1 saturated heterocycles. The third-order valence-corrected chi connectivity index (χ3v) is 3.55. The van der Waals surface area contributed by atoms with Crippen LogP contribution in [0.4, 0.5) is 0 Å². The number of nitrogens with zero attached hydrogens (tertiary/aromatic N) is 1. The minimum atomic E-state index is -0.0399. The second kappa shape index (κ2) is 4.83. The zero-order valence-corrected chi connectivity index (χ0v) is 9.77. The summed E-state index contributed by atoms with van der Waals surface area (Å²) >= 11 is 6.60. The summed E-state index contributed by atoms with van der Waals surface area (Å²) in [7, 11) is 0. The molecule has 0 saturated carbocycles. The number of Topliss-reactive ketones (excluding diaryl/α,β-unsaturated/α-hetero) is 1. The van der Waals surface area contributed by atoms with Crippen LogP contribution in [0.5, 0.6) is 0 Å². The Balaban J connectivity index is 2.04. The summed E-state index contributed by atoms with van der Waals surface area (Å²) in [6.45, 7) is 2.74. The van der Waals surface area contributed by atoms with E-state index in [1.165, 1.54) is 11.3 Å². The average molecular weight is 241 g/mol. The number of ketones is 1. The molecule has 1 fully saturated rings. The smallest absolute Gasteiger partial charge is 0.230 e. The molecule has 0 amide bonds. The van der Waals surface area contributed by atoms with Crippen LogP contribution >= 0.6 is 23.6 Å². The molecular formula is C10H11NO2S2. The molecule has 1 aromatic rings. The maximum Gasteiger partial charge on any atom is 0.230 e. The van der Waals surface area contributed by atoms with Gasteiger partial charge in [0.05, 0.1) is 18.1 Å².